The van der Waals surface area contributed by atoms with Crippen LogP contribution in [0.25, 0.3) is 45.5 Å². The number of hydrogen-bond acceptors (Lipinski definition) is 3. The number of rotatable bonds is 7. The molecule has 0 fully saturated rings. The molecule has 5 N–H and O–H groups in total. The van der Waals surface area contributed by atoms with Gasteiger partial charge in [-0.3, -0.25) is 0 Å². The maximum absolute atomic E-state index is 6.51. The number of aryl methyl sites for hydroxylation is 1. The van der Waals surface area contributed by atoms with Crippen LogP contribution in [-0.4, -0.2) is 12.9 Å². The van der Waals surface area contributed by atoms with Gasteiger partial charge in [-0.25, -0.2) is 0 Å². The Bertz CT molecular complexity index is 1380. The van der Waals surface area contributed by atoms with E-state index in [-0.39, 0.29) is 6.15 Å². The third-order valence-corrected chi connectivity index (χ3v) is 5.89. The van der Waals surface area contributed by atoms with Gasteiger partial charge in [-0.1, -0.05) is 135 Å². The van der Waals surface area contributed by atoms with Crippen LogP contribution in [0.15, 0.2) is 128 Å². The molecular weight excluding hydrogens is 474 g/mol. The zero-order chi connectivity index (χ0) is 27.9. The fraction of sp³-hybridized carbons (Fsp3) is 0.0556. The minimum absolute atomic E-state index is 0. The van der Waals surface area contributed by atoms with Crippen molar-refractivity contribution in [3.63, 3.8) is 0 Å². The van der Waals surface area contributed by atoms with Gasteiger partial charge in [0.2, 0.25) is 0 Å². The second kappa shape index (κ2) is 16.8. The maximum atomic E-state index is 6.51. The third-order valence-electron chi connectivity index (χ3n) is 5.89. The fourth-order valence-electron chi connectivity index (χ4n) is 3.79. The summed E-state index contributed by atoms with van der Waals surface area (Å²) in [5, 5.41) is 12.0. The van der Waals surface area contributed by atoms with Gasteiger partial charge in [0.15, 0.2) is 0 Å². The summed E-state index contributed by atoms with van der Waals surface area (Å²) in [7, 11) is 0. The molecule has 0 aliphatic heterocycles. The Morgan fingerprint density at radius 3 is 1.59 bits per heavy atom. The lowest BCUT2D eigenvalue weighted by atomic mass is 9.91. The van der Waals surface area contributed by atoms with Crippen LogP contribution in [0.3, 0.4) is 0 Å². The van der Waals surface area contributed by atoms with Gasteiger partial charge in [-0.05, 0) is 76.7 Å². The summed E-state index contributed by atoms with van der Waals surface area (Å²) < 4.78 is 0. The molecule has 39 heavy (non-hydrogen) atoms. The molecule has 198 valence electrons. The van der Waals surface area contributed by atoms with E-state index in [1.165, 1.54) is 50.6 Å². The summed E-state index contributed by atoms with van der Waals surface area (Å²) in [5.74, 6) is 0. The first-order valence-electron chi connectivity index (χ1n) is 12.3. The van der Waals surface area contributed by atoms with Crippen LogP contribution < -0.4 is 6.15 Å². The van der Waals surface area contributed by atoms with Crippen LogP contribution in [0.4, 0.5) is 0 Å². The molecule has 4 aromatic rings. The highest BCUT2D eigenvalue weighted by atomic mass is 14.3. The predicted molar refractivity (Wildman–Crippen MR) is 175 cm³/mol. The third kappa shape index (κ3) is 9.19. The van der Waals surface area contributed by atoms with Crippen LogP contribution in [-0.2, 0) is 0 Å². The highest BCUT2D eigenvalue weighted by Crippen LogP contribution is 2.35. The molecule has 0 unspecified atom stereocenters. The van der Waals surface area contributed by atoms with Crippen molar-refractivity contribution in [2.45, 2.75) is 13.8 Å². The van der Waals surface area contributed by atoms with E-state index in [4.69, 9.17) is 10.8 Å². The molecule has 0 spiro atoms. The lowest BCUT2D eigenvalue weighted by molar-refractivity contribution is 1.47. The molecule has 0 saturated heterocycles. The molecular formula is C36H39N3. The van der Waals surface area contributed by atoms with E-state index in [0.29, 0.717) is 5.57 Å². The summed E-state index contributed by atoms with van der Waals surface area (Å²) in [6, 6.07) is 32.8. The van der Waals surface area contributed by atoms with Gasteiger partial charge in [0.05, 0.1) is 0 Å². The molecule has 3 heteroatoms. The average Bonchev–Trinajstić information content (AvgIpc) is 2.99. The van der Waals surface area contributed by atoms with Crippen molar-refractivity contribution in [3.8, 4) is 33.4 Å². The van der Waals surface area contributed by atoms with Crippen molar-refractivity contribution >= 4 is 25.1 Å². The summed E-state index contributed by atoms with van der Waals surface area (Å²) in [4.78, 5) is 0. The standard InChI is InChI=1S/C30H26.C5H7N.CH3N.H3N/c1-4-6-24-11-20-29(27-14-9-23(5-2)10-15-27)30(21-24)28-18-16-26(17-19-28)25-12-7-22(3)8-13-25;1-3-5(2)4-6;1-2;/h4-21H,2H2,1,3H3;3-4,6H,1-2H2;2H,1H2;1H3/b6-4-;;;. The van der Waals surface area contributed by atoms with Crippen LogP contribution in [0.2, 0.25) is 0 Å². The van der Waals surface area contributed by atoms with Crippen molar-refractivity contribution in [1.82, 2.24) is 6.15 Å². The van der Waals surface area contributed by atoms with Crippen LogP contribution in [0.5, 0.6) is 0 Å². The molecule has 0 aliphatic carbocycles. The van der Waals surface area contributed by atoms with Crippen LogP contribution >= 0.6 is 0 Å². The zero-order valence-corrected chi connectivity index (χ0v) is 23.1. The minimum atomic E-state index is 0. The Morgan fingerprint density at radius 2 is 1.13 bits per heavy atom. The van der Waals surface area contributed by atoms with Gasteiger partial charge in [0.25, 0.3) is 0 Å². The number of nitrogens with one attached hydrogen (secondary N) is 2. The molecule has 0 amide bonds. The molecule has 3 nitrogen and oxygen atoms in total. The topological polar surface area (TPSA) is 82.7 Å². The Labute approximate surface area is 234 Å². The SMILES string of the molecule is C=CC(=C)C=N.C=Cc1ccc(-c2ccc(/C=C\C)cc2-c2ccc(-c3ccc(C)cc3)cc2)cc1.C=N.N. The van der Waals surface area contributed by atoms with E-state index in [1.807, 2.05) is 6.08 Å². The highest BCUT2D eigenvalue weighted by Gasteiger charge is 2.09. The summed E-state index contributed by atoms with van der Waals surface area (Å²) in [6.07, 6.45) is 8.80. The Morgan fingerprint density at radius 1 is 0.667 bits per heavy atom. The first kappa shape index (κ1) is 32.2. The van der Waals surface area contributed by atoms with Crippen molar-refractivity contribution < 1.29 is 0 Å². The lowest BCUT2D eigenvalue weighted by Gasteiger charge is -2.13. The summed E-state index contributed by atoms with van der Waals surface area (Å²) >= 11 is 0. The largest absolute Gasteiger partial charge is 0.344 e. The van der Waals surface area contributed by atoms with E-state index < -0.39 is 0 Å². The van der Waals surface area contributed by atoms with Crippen LogP contribution in [0.1, 0.15) is 23.6 Å². The predicted octanol–water partition coefficient (Wildman–Crippen LogP) is 10.5. The monoisotopic (exact) mass is 513 g/mol. The fourth-order valence-corrected chi connectivity index (χ4v) is 3.79. The molecule has 0 atom stereocenters. The van der Waals surface area contributed by atoms with Gasteiger partial charge >= 0.3 is 0 Å². The van der Waals surface area contributed by atoms with Gasteiger partial charge in [-0.15, -0.1) is 0 Å². The molecule has 4 rings (SSSR count). The van der Waals surface area contributed by atoms with Crippen molar-refractivity contribution in [3.05, 3.63) is 145 Å². The number of hydrogen-bond donors (Lipinski definition) is 3. The van der Waals surface area contributed by atoms with Crippen molar-refractivity contribution in [2.75, 3.05) is 0 Å². The smallest absolute Gasteiger partial charge is 0.0244 e. The normalized spacial score (nSPS) is 9.59. The molecule has 0 aliphatic rings. The lowest BCUT2D eigenvalue weighted by Crippen LogP contribution is -1.88. The van der Waals surface area contributed by atoms with E-state index >= 15 is 0 Å². The molecule has 0 aromatic heterocycles. The molecule has 4 aromatic carbocycles. The molecule has 0 bridgehead atoms. The van der Waals surface area contributed by atoms with E-state index in [9.17, 15) is 0 Å². The maximum Gasteiger partial charge on any atom is 0.0244 e. The van der Waals surface area contributed by atoms with E-state index in [2.05, 4.69) is 143 Å². The Balaban J connectivity index is 0.000000750. The summed E-state index contributed by atoms with van der Waals surface area (Å²) in [5.41, 5.74) is 11.7. The quantitative estimate of drug-likeness (QED) is 0.167. The minimum Gasteiger partial charge on any atom is -0.344 e. The summed E-state index contributed by atoms with van der Waals surface area (Å²) in [6.45, 7) is 17.3. The average molecular weight is 514 g/mol. The first-order chi connectivity index (χ1) is 18.5. The molecule has 0 radical (unpaired) electrons. The zero-order valence-electron chi connectivity index (χ0n) is 23.1. The van der Waals surface area contributed by atoms with E-state index in [0.717, 1.165) is 11.8 Å². The van der Waals surface area contributed by atoms with Crippen molar-refractivity contribution in [1.29, 1.82) is 10.8 Å². The first-order valence-corrected chi connectivity index (χ1v) is 12.3. The second-order valence-corrected chi connectivity index (χ2v) is 8.50. The van der Waals surface area contributed by atoms with E-state index in [1.54, 1.807) is 0 Å². The molecule has 0 heterocycles. The number of benzene rings is 4. The van der Waals surface area contributed by atoms with Gasteiger partial charge in [0.1, 0.15) is 0 Å². The Hall–Kier alpha value is -4.86. The van der Waals surface area contributed by atoms with Gasteiger partial charge in [0, 0.05) is 6.21 Å². The Kier molecular flexibility index (Phi) is 13.9. The van der Waals surface area contributed by atoms with Gasteiger partial charge < -0.3 is 17.0 Å². The van der Waals surface area contributed by atoms with Crippen LogP contribution in [0, 0.1) is 17.7 Å². The van der Waals surface area contributed by atoms with Crippen molar-refractivity contribution in [2.24, 2.45) is 0 Å². The number of allylic oxidation sites excluding steroid dienone is 3. The van der Waals surface area contributed by atoms with Gasteiger partial charge in [-0.2, -0.15) is 0 Å². The second-order valence-electron chi connectivity index (χ2n) is 8.50. The highest BCUT2D eigenvalue weighted by molar-refractivity contribution is 5.86. The molecule has 0 saturated carbocycles.